The molecule has 0 aliphatic heterocycles. The second kappa shape index (κ2) is 4.15. The number of nitrogens with zero attached hydrogens (tertiary/aromatic N) is 3. The first-order valence-corrected chi connectivity index (χ1v) is 4.74. The Bertz CT molecular complexity index is 421. The summed E-state index contributed by atoms with van der Waals surface area (Å²) in [6.07, 6.45) is 0.409. The Morgan fingerprint density at radius 1 is 1.07 bits per heavy atom. The fourth-order valence-electron chi connectivity index (χ4n) is 0.906. The smallest absolute Gasteiger partial charge is 0.210 e. The van der Waals surface area contributed by atoms with Gasteiger partial charge in [-0.1, -0.05) is 18.2 Å². The number of rotatable bonds is 2. The largest absolute Gasteiger partial charge is 0.312 e. The van der Waals surface area contributed by atoms with Gasteiger partial charge in [0.2, 0.25) is 0 Å². The van der Waals surface area contributed by atoms with Crippen molar-refractivity contribution in [3.8, 4) is 0 Å². The van der Waals surface area contributed by atoms with E-state index in [9.17, 15) is 4.39 Å². The minimum absolute atomic E-state index is 0.365. The van der Waals surface area contributed by atoms with Crippen molar-refractivity contribution in [1.82, 2.24) is 15.0 Å². The summed E-state index contributed by atoms with van der Waals surface area (Å²) in [5.74, 6) is 0. The fraction of sp³-hybridized carbons (Fsp3) is 0. The molecule has 0 saturated heterocycles. The van der Waals surface area contributed by atoms with Crippen LogP contribution in [-0.4, -0.2) is 15.0 Å². The number of hydrogen-bond acceptors (Lipinski definition) is 4. The van der Waals surface area contributed by atoms with Crippen molar-refractivity contribution >= 4 is 11.8 Å². The molecule has 70 valence electrons. The van der Waals surface area contributed by atoms with Crippen molar-refractivity contribution in [2.45, 2.75) is 10.1 Å². The van der Waals surface area contributed by atoms with Crippen LogP contribution >= 0.6 is 11.8 Å². The van der Waals surface area contributed by atoms with Crippen LogP contribution in [0.3, 0.4) is 0 Å². The molecule has 2 aromatic rings. The lowest BCUT2D eigenvalue weighted by Crippen LogP contribution is -1.92. The van der Waals surface area contributed by atoms with Crippen LogP contribution in [0.1, 0.15) is 0 Å². The number of benzene rings is 1. The second-order valence-electron chi connectivity index (χ2n) is 2.45. The maximum absolute atomic E-state index is 12.6. The summed E-state index contributed by atoms with van der Waals surface area (Å²) in [4.78, 5) is 11.6. The normalized spacial score (nSPS) is 10.1. The van der Waals surface area contributed by atoms with Gasteiger partial charge in [0.15, 0.2) is 5.16 Å². The van der Waals surface area contributed by atoms with Crippen LogP contribution in [0.2, 0.25) is 0 Å². The van der Waals surface area contributed by atoms with Gasteiger partial charge in [0.05, 0.1) is 0 Å². The van der Waals surface area contributed by atoms with E-state index in [0.29, 0.717) is 5.16 Å². The Hall–Kier alpha value is -1.49. The molecule has 3 nitrogen and oxygen atoms in total. The third kappa shape index (κ3) is 2.26. The van der Waals surface area contributed by atoms with E-state index in [1.54, 1.807) is 0 Å². The van der Waals surface area contributed by atoms with E-state index < -0.39 is 6.08 Å². The molecular weight excluding hydrogens is 201 g/mol. The number of halogens is 1. The second-order valence-corrected chi connectivity index (χ2v) is 3.49. The van der Waals surface area contributed by atoms with Gasteiger partial charge in [-0.05, 0) is 23.9 Å². The minimum Gasteiger partial charge on any atom is -0.210 e. The lowest BCUT2D eigenvalue weighted by atomic mass is 10.4. The van der Waals surface area contributed by atoms with Crippen LogP contribution in [0.15, 0.2) is 46.7 Å². The van der Waals surface area contributed by atoms with E-state index in [2.05, 4.69) is 15.0 Å². The molecule has 0 aliphatic carbocycles. The zero-order valence-corrected chi connectivity index (χ0v) is 7.91. The lowest BCUT2D eigenvalue weighted by Gasteiger charge is -1.97. The fourth-order valence-corrected chi connectivity index (χ4v) is 1.63. The minimum atomic E-state index is -0.751. The Balaban J connectivity index is 2.19. The molecule has 0 radical (unpaired) electrons. The third-order valence-corrected chi connectivity index (χ3v) is 2.36. The molecule has 1 heterocycles. The van der Waals surface area contributed by atoms with Gasteiger partial charge in [-0.25, -0.2) is 4.98 Å². The Kier molecular flexibility index (Phi) is 2.69. The predicted octanol–water partition coefficient (Wildman–Crippen LogP) is 2.16. The summed E-state index contributed by atoms with van der Waals surface area (Å²) in [5.41, 5.74) is 0. The first-order chi connectivity index (χ1) is 6.84. The van der Waals surface area contributed by atoms with Gasteiger partial charge < -0.3 is 0 Å². The molecule has 0 amide bonds. The highest BCUT2D eigenvalue weighted by Crippen LogP contribution is 2.22. The standard InChI is InChI=1S/C9H6FN3S/c10-8-11-6-12-9(13-8)14-7-4-2-1-3-5-7/h1-6H. The van der Waals surface area contributed by atoms with Crippen LogP contribution in [0.4, 0.5) is 4.39 Å². The molecule has 1 aromatic carbocycles. The molecule has 0 atom stereocenters. The molecule has 1 aromatic heterocycles. The molecule has 2 rings (SSSR count). The summed E-state index contributed by atoms with van der Waals surface area (Å²) in [5, 5.41) is 0.365. The van der Waals surface area contributed by atoms with Gasteiger partial charge in [0.25, 0.3) is 0 Å². The molecule has 0 unspecified atom stereocenters. The quantitative estimate of drug-likeness (QED) is 0.756. The van der Waals surface area contributed by atoms with Crippen LogP contribution in [-0.2, 0) is 0 Å². The molecule has 0 spiro atoms. The van der Waals surface area contributed by atoms with Crippen LogP contribution in [0.25, 0.3) is 0 Å². The molecule has 5 heteroatoms. The summed E-state index contributed by atoms with van der Waals surface area (Å²) in [6, 6.07) is 9.54. The van der Waals surface area contributed by atoms with Gasteiger partial charge >= 0.3 is 6.08 Å². The summed E-state index contributed by atoms with van der Waals surface area (Å²) in [6.45, 7) is 0. The Labute approximate surface area is 84.4 Å². The van der Waals surface area contributed by atoms with Crippen molar-refractivity contribution < 1.29 is 4.39 Å². The predicted molar refractivity (Wildman–Crippen MR) is 50.4 cm³/mol. The molecule has 14 heavy (non-hydrogen) atoms. The zero-order valence-electron chi connectivity index (χ0n) is 7.09. The molecular formula is C9H6FN3S. The highest BCUT2D eigenvalue weighted by Gasteiger charge is 2.01. The summed E-state index contributed by atoms with van der Waals surface area (Å²) >= 11 is 1.30. The third-order valence-electron chi connectivity index (χ3n) is 1.47. The Morgan fingerprint density at radius 2 is 1.86 bits per heavy atom. The maximum Gasteiger partial charge on any atom is 0.312 e. The summed E-state index contributed by atoms with van der Waals surface area (Å²) in [7, 11) is 0. The Morgan fingerprint density at radius 3 is 2.57 bits per heavy atom. The first-order valence-electron chi connectivity index (χ1n) is 3.92. The molecule has 0 bridgehead atoms. The lowest BCUT2D eigenvalue weighted by molar-refractivity contribution is 0.515. The molecule has 0 N–H and O–H groups in total. The van der Waals surface area contributed by atoms with Crippen molar-refractivity contribution in [1.29, 1.82) is 0 Å². The molecule has 0 saturated carbocycles. The van der Waals surface area contributed by atoms with Crippen LogP contribution < -0.4 is 0 Å². The number of aromatic nitrogens is 3. The van der Waals surface area contributed by atoms with Gasteiger partial charge in [-0.2, -0.15) is 14.4 Å². The van der Waals surface area contributed by atoms with Crippen LogP contribution in [0.5, 0.6) is 0 Å². The van der Waals surface area contributed by atoms with Gasteiger partial charge in [-0.3, -0.25) is 0 Å². The SMILES string of the molecule is Fc1ncnc(Sc2ccccc2)n1. The monoisotopic (exact) mass is 207 g/mol. The van der Waals surface area contributed by atoms with Gasteiger partial charge in [-0.15, -0.1) is 0 Å². The van der Waals surface area contributed by atoms with E-state index in [1.165, 1.54) is 11.8 Å². The van der Waals surface area contributed by atoms with Crippen molar-refractivity contribution in [2.75, 3.05) is 0 Å². The highest BCUT2D eigenvalue weighted by atomic mass is 32.2. The van der Waals surface area contributed by atoms with E-state index in [-0.39, 0.29) is 0 Å². The van der Waals surface area contributed by atoms with E-state index in [0.717, 1.165) is 11.2 Å². The first kappa shape index (κ1) is 9.08. The molecule has 0 fully saturated rings. The average molecular weight is 207 g/mol. The van der Waals surface area contributed by atoms with Gasteiger partial charge in [0.1, 0.15) is 6.33 Å². The summed E-state index contributed by atoms with van der Waals surface area (Å²) < 4.78 is 12.6. The van der Waals surface area contributed by atoms with Gasteiger partial charge in [0, 0.05) is 4.90 Å². The van der Waals surface area contributed by atoms with Crippen LogP contribution in [0, 0.1) is 6.08 Å². The average Bonchev–Trinajstić information content (AvgIpc) is 2.19. The topological polar surface area (TPSA) is 38.7 Å². The van der Waals surface area contributed by atoms with Crippen molar-refractivity contribution in [3.05, 3.63) is 42.7 Å². The zero-order chi connectivity index (χ0) is 9.80. The van der Waals surface area contributed by atoms with Crippen molar-refractivity contribution in [3.63, 3.8) is 0 Å². The van der Waals surface area contributed by atoms with Crippen molar-refractivity contribution in [2.24, 2.45) is 0 Å². The molecule has 0 aliphatic rings. The van der Waals surface area contributed by atoms with E-state index >= 15 is 0 Å². The van der Waals surface area contributed by atoms with E-state index in [4.69, 9.17) is 0 Å². The highest BCUT2D eigenvalue weighted by molar-refractivity contribution is 7.99. The van der Waals surface area contributed by atoms with E-state index in [1.807, 2.05) is 30.3 Å². The number of hydrogen-bond donors (Lipinski definition) is 0. The maximum atomic E-state index is 12.6.